The predicted octanol–water partition coefficient (Wildman–Crippen LogP) is 4.69. The van der Waals surface area contributed by atoms with Gasteiger partial charge in [-0.3, -0.25) is 4.79 Å². The fourth-order valence-corrected chi connectivity index (χ4v) is 2.07. The number of carbonyl (C=O) groups is 1. The van der Waals surface area contributed by atoms with Gasteiger partial charge in [0.25, 0.3) is 5.91 Å². The van der Waals surface area contributed by atoms with Crippen molar-refractivity contribution in [3.05, 3.63) is 63.4 Å². The van der Waals surface area contributed by atoms with Crippen molar-refractivity contribution in [2.45, 2.75) is 6.92 Å². The minimum absolute atomic E-state index is 0.0480. The molecule has 2 rings (SSSR count). The number of benzene rings is 2. The van der Waals surface area contributed by atoms with Crippen LogP contribution in [0.5, 0.6) is 0 Å². The van der Waals surface area contributed by atoms with Crippen molar-refractivity contribution in [1.82, 2.24) is 0 Å². The highest BCUT2D eigenvalue weighted by atomic mass is 35.5. The van der Waals surface area contributed by atoms with Gasteiger partial charge in [-0.05, 0) is 30.7 Å². The van der Waals surface area contributed by atoms with E-state index in [1.165, 1.54) is 6.07 Å². The number of carbonyl (C=O) groups excluding carboxylic acids is 1. The number of nitrogens with one attached hydrogen (secondary N) is 1. The monoisotopic (exact) mass is 297 g/mol. The average molecular weight is 298 g/mol. The van der Waals surface area contributed by atoms with E-state index in [1.54, 1.807) is 12.1 Å². The van der Waals surface area contributed by atoms with Gasteiger partial charge in [0.1, 0.15) is 5.82 Å². The van der Waals surface area contributed by atoms with Crippen molar-refractivity contribution in [3.8, 4) is 0 Å². The van der Waals surface area contributed by atoms with Crippen molar-refractivity contribution >= 4 is 34.8 Å². The Hall–Kier alpha value is -1.58. The smallest absolute Gasteiger partial charge is 0.257 e. The molecule has 0 atom stereocenters. The molecule has 0 aromatic heterocycles. The number of rotatable bonds is 2. The van der Waals surface area contributed by atoms with Crippen LogP contribution in [0.15, 0.2) is 36.4 Å². The molecule has 0 aliphatic carbocycles. The maximum atomic E-state index is 13.4. The van der Waals surface area contributed by atoms with E-state index in [4.69, 9.17) is 23.2 Å². The second-order valence-electron chi connectivity index (χ2n) is 4.02. The Morgan fingerprint density at radius 3 is 2.53 bits per heavy atom. The van der Waals surface area contributed by atoms with Gasteiger partial charge in [0.05, 0.1) is 15.6 Å². The molecule has 0 aliphatic rings. The molecular weight excluding hydrogens is 288 g/mol. The van der Waals surface area contributed by atoms with Gasteiger partial charge in [-0.2, -0.15) is 0 Å². The Bertz CT molecular complexity index is 643. The van der Waals surface area contributed by atoms with Crippen LogP contribution in [-0.4, -0.2) is 5.91 Å². The van der Waals surface area contributed by atoms with Crippen molar-refractivity contribution in [1.29, 1.82) is 0 Å². The third-order valence-corrected chi connectivity index (χ3v) is 3.25. The van der Waals surface area contributed by atoms with Crippen LogP contribution in [0.25, 0.3) is 0 Å². The van der Waals surface area contributed by atoms with Gasteiger partial charge in [0.2, 0.25) is 0 Å². The van der Waals surface area contributed by atoms with Crippen LogP contribution in [0.1, 0.15) is 15.9 Å². The maximum Gasteiger partial charge on any atom is 0.257 e. The number of anilines is 1. The van der Waals surface area contributed by atoms with Gasteiger partial charge >= 0.3 is 0 Å². The van der Waals surface area contributed by atoms with Crippen LogP contribution in [0, 0.1) is 12.7 Å². The van der Waals surface area contributed by atoms with E-state index in [0.717, 1.165) is 11.6 Å². The standard InChI is InChI=1S/C14H10Cl2FNO/c1-8-4-2-3-5-13(8)18-14(19)9-6-12(17)11(16)7-10(9)15/h2-7H,1H3,(H,18,19). The zero-order valence-electron chi connectivity index (χ0n) is 10.0. The molecule has 0 aliphatic heterocycles. The molecule has 0 radical (unpaired) electrons. The Kier molecular flexibility index (Phi) is 4.08. The van der Waals surface area contributed by atoms with Gasteiger partial charge in [-0.25, -0.2) is 4.39 Å². The first-order chi connectivity index (χ1) is 8.99. The zero-order valence-corrected chi connectivity index (χ0v) is 11.5. The van der Waals surface area contributed by atoms with Crippen molar-refractivity contribution in [3.63, 3.8) is 0 Å². The molecule has 0 heterocycles. The van der Waals surface area contributed by atoms with Crippen molar-refractivity contribution in [2.75, 3.05) is 5.32 Å². The number of hydrogen-bond donors (Lipinski definition) is 1. The highest BCUT2D eigenvalue weighted by molar-refractivity contribution is 6.37. The summed E-state index contributed by atoms with van der Waals surface area (Å²) in [5.41, 5.74) is 1.60. The van der Waals surface area contributed by atoms with E-state index in [2.05, 4.69) is 5.32 Å². The highest BCUT2D eigenvalue weighted by Crippen LogP contribution is 2.25. The summed E-state index contributed by atoms with van der Waals surface area (Å²) in [5, 5.41) is 2.68. The Morgan fingerprint density at radius 2 is 1.84 bits per heavy atom. The molecule has 19 heavy (non-hydrogen) atoms. The quantitative estimate of drug-likeness (QED) is 0.800. The van der Waals surface area contributed by atoms with Crippen LogP contribution < -0.4 is 5.32 Å². The van der Waals surface area contributed by atoms with E-state index >= 15 is 0 Å². The lowest BCUT2D eigenvalue weighted by molar-refractivity contribution is 0.102. The fourth-order valence-electron chi connectivity index (χ4n) is 1.60. The van der Waals surface area contributed by atoms with Crippen LogP contribution in [0.3, 0.4) is 0 Å². The lowest BCUT2D eigenvalue weighted by Gasteiger charge is -2.09. The van der Waals surface area contributed by atoms with E-state index in [-0.39, 0.29) is 15.6 Å². The van der Waals surface area contributed by atoms with Crippen molar-refractivity contribution < 1.29 is 9.18 Å². The van der Waals surface area contributed by atoms with Gasteiger partial charge in [0.15, 0.2) is 0 Å². The summed E-state index contributed by atoms with van der Waals surface area (Å²) >= 11 is 11.5. The lowest BCUT2D eigenvalue weighted by Crippen LogP contribution is -2.13. The topological polar surface area (TPSA) is 29.1 Å². The number of hydrogen-bond acceptors (Lipinski definition) is 1. The molecular formula is C14H10Cl2FNO. The first-order valence-electron chi connectivity index (χ1n) is 5.50. The molecule has 5 heteroatoms. The lowest BCUT2D eigenvalue weighted by atomic mass is 10.1. The third kappa shape index (κ3) is 3.06. The average Bonchev–Trinajstić information content (AvgIpc) is 2.36. The first kappa shape index (κ1) is 13.8. The van der Waals surface area contributed by atoms with E-state index < -0.39 is 11.7 Å². The minimum Gasteiger partial charge on any atom is -0.322 e. The Balaban J connectivity index is 2.31. The Labute approximate surface area is 120 Å². The van der Waals surface area contributed by atoms with Crippen molar-refractivity contribution in [2.24, 2.45) is 0 Å². The van der Waals surface area contributed by atoms with Gasteiger partial charge in [-0.15, -0.1) is 0 Å². The normalized spacial score (nSPS) is 10.3. The molecule has 1 amide bonds. The molecule has 0 saturated heterocycles. The second-order valence-corrected chi connectivity index (χ2v) is 4.83. The summed E-state index contributed by atoms with van der Waals surface area (Å²) < 4.78 is 13.4. The molecule has 0 bridgehead atoms. The summed E-state index contributed by atoms with van der Waals surface area (Å²) in [6.45, 7) is 1.86. The summed E-state index contributed by atoms with van der Waals surface area (Å²) in [5.74, 6) is -1.16. The zero-order chi connectivity index (χ0) is 14.0. The molecule has 0 unspecified atom stereocenters. The van der Waals surface area contributed by atoms with Gasteiger partial charge < -0.3 is 5.32 Å². The number of para-hydroxylation sites is 1. The van der Waals surface area contributed by atoms with E-state index in [1.807, 2.05) is 19.1 Å². The largest absolute Gasteiger partial charge is 0.322 e. The number of aryl methyl sites for hydroxylation is 1. The molecule has 2 aromatic carbocycles. The molecule has 2 nitrogen and oxygen atoms in total. The summed E-state index contributed by atoms with van der Waals surface area (Å²) in [4.78, 5) is 12.0. The van der Waals surface area contributed by atoms with E-state index in [0.29, 0.717) is 5.69 Å². The first-order valence-corrected chi connectivity index (χ1v) is 6.26. The molecule has 98 valence electrons. The summed E-state index contributed by atoms with van der Waals surface area (Å²) in [6, 6.07) is 9.52. The van der Waals surface area contributed by atoms with Gasteiger partial charge in [-0.1, -0.05) is 41.4 Å². The Morgan fingerprint density at radius 1 is 1.16 bits per heavy atom. The molecule has 1 N–H and O–H groups in total. The van der Waals surface area contributed by atoms with Crippen LogP contribution >= 0.6 is 23.2 Å². The maximum absolute atomic E-state index is 13.4. The third-order valence-electron chi connectivity index (χ3n) is 2.65. The SMILES string of the molecule is Cc1ccccc1NC(=O)c1cc(F)c(Cl)cc1Cl. The number of amides is 1. The molecule has 0 spiro atoms. The fraction of sp³-hybridized carbons (Fsp3) is 0.0714. The second kappa shape index (κ2) is 5.59. The minimum atomic E-state index is -0.680. The van der Waals surface area contributed by atoms with Crippen LogP contribution in [-0.2, 0) is 0 Å². The highest BCUT2D eigenvalue weighted by Gasteiger charge is 2.14. The molecule has 0 saturated carbocycles. The van der Waals surface area contributed by atoms with Crippen LogP contribution in [0.2, 0.25) is 10.0 Å². The van der Waals surface area contributed by atoms with Gasteiger partial charge in [0, 0.05) is 5.69 Å². The molecule has 2 aromatic rings. The summed E-state index contributed by atoms with van der Waals surface area (Å²) in [6.07, 6.45) is 0. The summed E-state index contributed by atoms with van der Waals surface area (Å²) in [7, 11) is 0. The van der Waals surface area contributed by atoms with Crippen LogP contribution in [0.4, 0.5) is 10.1 Å². The predicted molar refractivity (Wildman–Crippen MR) is 75.6 cm³/mol. The van der Waals surface area contributed by atoms with E-state index in [9.17, 15) is 9.18 Å². The number of halogens is 3. The molecule has 0 fully saturated rings.